The predicted molar refractivity (Wildman–Crippen MR) is 118 cm³/mol. The van der Waals surface area contributed by atoms with Crippen LogP contribution in [0.2, 0.25) is 0 Å². The van der Waals surface area contributed by atoms with Gasteiger partial charge in [0.05, 0.1) is 31.1 Å². The molecule has 1 fully saturated rings. The number of fused-ring (bicyclic) bond motifs is 3. The highest BCUT2D eigenvalue weighted by Crippen LogP contribution is 2.42. The smallest absolute Gasteiger partial charge is 0.255 e. The van der Waals surface area contributed by atoms with Crippen LogP contribution >= 0.6 is 0 Å². The maximum atomic E-state index is 11.1. The van der Waals surface area contributed by atoms with Crippen LogP contribution in [0.15, 0.2) is 48.5 Å². The summed E-state index contributed by atoms with van der Waals surface area (Å²) >= 11 is 0. The van der Waals surface area contributed by atoms with Crippen molar-refractivity contribution in [3.05, 3.63) is 59.7 Å². The predicted octanol–water partition coefficient (Wildman–Crippen LogP) is 2.32. The molecular weight excluding hydrogens is 392 g/mol. The molecule has 3 aromatic rings. The Bertz CT molecular complexity index is 1100. The van der Waals surface area contributed by atoms with E-state index in [0.717, 1.165) is 57.1 Å². The SMILES string of the molecule is NC(=O)COc1cccc(-c2nn(CCN3CCOCC3)c3c2Cc2ccccc2-3)c1. The van der Waals surface area contributed by atoms with Crippen LogP contribution < -0.4 is 10.5 Å². The number of nitrogens with zero attached hydrogens (tertiary/aromatic N) is 3. The molecule has 0 atom stereocenters. The molecule has 0 unspecified atom stereocenters. The zero-order valence-electron chi connectivity index (χ0n) is 17.4. The highest BCUT2D eigenvalue weighted by molar-refractivity contribution is 5.82. The van der Waals surface area contributed by atoms with Gasteiger partial charge in [0, 0.05) is 42.7 Å². The van der Waals surface area contributed by atoms with Crippen molar-refractivity contribution in [3.63, 3.8) is 0 Å². The number of primary amides is 1. The summed E-state index contributed by atoms with van der Waals surface area (Å²) in [4.78, 5) is 13.5. The van der Waals surface area contributed by atoms with Gasteiger partial charge in [0.25, 0.3) is 5.91 Å². The van der Waals surface area contributed by atoms with Crippen LogP contribution in [0.3, 0.4) is 0 Å². The Balaban J connectivity index is 1.48. The normalized spacial score (nSPS) is 15.5. The first-order chi connectivity index (χ1) is 15.2. The van der Waals surface area contributed by atoms with Gasteiger partial charge in [-0.15, -0.1) is 0 Å². The lowest BCUT2D eigenvalue weighted by Gasteiger charge is -2.26. The third kappa shape index (κ3) is 4.06. The standard InChI is InChI=1S/C24H26N4O3/c25-22(29)16-31-19-6-3-5-18(14-19)23-21-15-17-4-1-2-7-20(17)24(21)28(26-23)9-8-27-10-12-30-13-11-27/h1-7,14H,8-13,15-16H2,(H2,25,29). The molecule has 0 bridgehead atoms. The quantitative estimate of drug-likeness (QED) is 0.498. The van der Waals surface area contributed by atoms with E-state index in [9.17, 15) is 4.79 Å². The van der Waals surface area contributed by atoms with E-state index in [2.05, 4.69) is 33.8 Å². The second-order valence-corrected chi connectivity index (χ2v) is 7.97. The lowest BCUT2D eigenvalue weighted by Crippen LogP contribution is -2.38. The summed E-state index contributed by atoms with van der Waals surface area (Å²) < 4.78 is 13.1. The molecule has 1 aromatic heterocycles. The van der Waals surface area contributed by atoms with Crippen molar-refractivity contribution in [2.24, 2.45) is 5.73 Å². The topological polar surface area (TPSA) is 82.6 Å². The van der Waals surface area contributed by atoms with E-state index in [1.807, 2.05) is 24.3 Å². The molecule has 5 rings (SSSR count). The average molecular weight is 418 g/mol. The van der Waals surface area contributed by atoms with Crippen LogP contribution in [0.1, 0.15) is 11.1 Å². The number of carbonyl (C=O) groups is 1. The molecule has 1 aliphatic heterocycles. The lowest BCUT2D eigenvalue weighted by atomic mass is 10.1. The minimum absolute atomic E-state index is 0.138. The zero-order chi connectivity index (χ0) is 21.2. The fourth-order valence-corrected chi connectivity index (χ4v) is 4.41. The number of aromatic nitrogens is 2. The molecule has 0 spiro atoms. The van der Waals surface area contributed by atoms with Gasteiger partial charge in [-0.25, -0.2) is 0 Å². The van der Waals surface area contributed by atoms with Gasteiger partial charge in [0.1, 0.15) is 5.75 Å². The van der Waals surface area contributed by atoms with Crippen LogP contribution in [0, 0.1) is 0 Å². The van der Waals surface area contributed by atoms with E-state index in [1.54, 1.807) is 0 Å². The van der Waals surface area contributed by atoms with Gasteiger partial charge in [0.15, 0.2) is 6.61 Å². The molecule has 2 aliphatic rings. The van der Waals surface area contributed by atoms with Gasteiger partial charge < -0.3 is 15.2 Å². The molecule has 1 saturated heterocycles. The molecule has 7 heteroatoms. The number of benzene rings is 2. The molecule has 1 amide bonds. The number of nitrogens with two attached hydrogens (primary N) is 1. The largest absolute Gasteiger partial charge is 0.484 e. The van der Waals surface area contributed by atoms with E-state index in [4.69, 9.17) is 20.3 Å². The maximum Gasteiger partial charge on any atom is 0.255 e. The number of carbonyl (C=O) groups excluding carboxylic acids is 1. The van der Waals surface area contributed by atoms with Gasteiger partial charge in [-0.1, -0.05) is 36.4 Å². The van der Waals surface area contributed by atoms with Crippen LogP contribution in [-0.4, -0.2) is 60.0 Å². The van der Waals surface area contributed by atoms with Crippen molar-refractivity contribution in [2.45, 2.75) is 13.0 Å². The van der Waals surface area contributed by atoms with Crippen molar-refractivity contribution in [1.29, 1.82) is 0 Å². The second kappa shape index (κ2) is 8.53. The third-order valence-corrected chi connectivity index (χ3v) is 5.91. The molecule has 160 valence electrons. The molecule has 2 heterocycles. The Hall–Kier alpha value is -3.16. The van der Waals surface area contributed by atoms with Crippen LogP contribution in [0.5, 0.6) is 5.75 Å². The molecular formula is C24H26N4O3. The minimum Gasteiger partial charge on any atom is -0.484 e. The maximum absolute atomic E-state index is 11.1. The summed E-state index contributed by atoms with van der Waals surface area (Å²) in [5.41, 5.74) is 12.2. The molecule has 7 nitrogen and oxygen atoms in total. The highest BCUT2D eigenvalue weighted by Gasteiger charge is 2.28. The average Bonchev–Trinajstić information content (AvgIpc) is 3.35. The number of hydrogen-bond acceptors (Lipinski definition) is 5. The third-order valence-electron chi connectivity index (χ3n) is 5.91. The molecule has 31 heavy (non-hydrogen) atoms. The summed E-state index contributed by atoms with van der Waals surface area (Å²) in [5.74, 6) is 0.123. The van der Waals surface area contributed by atoms with Crippen molar-refractivity contribution in [1.82, 2.24) is 14.7 Å². The van der Waals surface area contributed by atoms with E-state index < -0.39 is 5.91 Å². The monoisotopic (exact) mass is 418 g/mol. The molecule has 1 aliphatic carbocycles. The van der Waals surface area contributed by atoms with E-state index in [-0.39, 0.29) is 6.61 Å². The Morgan fingerprint density at radius 3 is 2.77 bits per heavy atom. The highest BCUT2D eigenvalue weighted by atomic mass is 16.5. The number of amides is 1. The first-order valence-corrected chi connectivity index (χ1v) is 10.7. The number of hydrogen-bond donors (Lipinski definition) is 1. The van der Waals surface area contributed by atoms with Crippen molar-refractivity contribution >= 4 is 5.91 Å². The van der Waals surface area contributed by atoms with Gasteiger partial charge >= 0.3 is 0 Å². The Labute approximate surface area is 181 Å². The minimum atomic E-state index is -0.492. The molecule has 2 N–H and O–H groups in total. The van der Waals surface area contributed by atoms with Crippen molar-refractivity contribution in [2.75, 3.05) is 39.5 Å². The molecule has 0 radical (unpaired) electrons. The first kappa shape index (κ1) is 19.8. The van der Waals surface area contributed by atoms with E-state index >= 15 is 0 Å². The summed E-state index contributed by atoms with van der Waals surface area (Å²) in [5, 5.41) is 5.03. The summed E-state index contributed by atoms with van der Waals surface area (Å²) in [6, 6.07) is 16.3. The van der Waals surface area contributed by atoms with Gasteiger partial charge in [-0.3, -0.25) is 14.4 Å². The number of rotatable bonds is 7. The Morgan fingerprint density at radius 1 is 1.10 bits per heavy atom. The fraction of sp³-hybridized carbons (Fsp3) is 0.333. The van der Waals surface area contributed by atoms with Gasteiger partial charge in [-0.05, 0) is 17.7 Å². The second-order valence-electron chi connectivity index (χ2n) is 7.97. The number of morpholine rings is 1. The summed E-state index contributed by atoms with van der Waals surface area (Å²) in [7, 11) is 0. The van der Waals surface area contributed by atoms with Crippen LogP contribution in [-0.2, 0) is 22.5 Å². The van der Waals surface area contributed by atoms with E-state index in [1.165, 1.54) is 22.4 Å². The van der Waals surface area contributed by atoms with Crippen LogP contribution in [0.25, 0.3) is 22.5 Å². The fourth-order valence-electron chi connectivity index (χ4n) is 4.41. The summed E-state index contributed by atoms with van der Waals surface area (Å²) in [6.45, 7) is 5.15. The Morgan fingerprint density at radius 2 is 1.94 bits per heavy atom. The number of ether oxygens (including phenoxy) is 2. The lowest BCUT2D eigenvalue weighted by molar-refractivity contribution is -0.119. The van der Waals surface area contributed by atoms with E-state index in [0.29, 0.717) is 5.75 Å². The first-order valence-electron chi connectivity index (χ1n) is 10.7. The van der Waals surface area contributed by atoms with Crippen molar-refractivity contribution in [3.8, 4) is 28.3 Å². The van der Waals surface area contributed by atoms with Gasteiger partial charge in [0.2, 0.25) is 0 Å². The summed E-state index contributed by atoms with van der Waals surface area (Å²) in [6.07, 6.45) is 0.866. The van der Waals surface area contributed by atoms with Crippen molar-refractivity contribution < 1.29 is 14.3 Å². The molecule has 2 aromatic carbocycles. The molecule has 0 saturated carbocycles. The zero-order valence-corrected chi connectivity index (χ0v) is 17.4. The van der Waals surface area contributed by atoms with Gasteiger partial charge in [-0.2, -0.15) is 5.10 Å². The Kier molecular flexibility index (Phi) is 5.44. The van der Waals surface area contributed by atoms with Crippen LogP contribution in [0.4, 0.5) is 0 Å².